The molecule has 0 saturated heterocycles. The minimum absolute atomic E-state index is 0.176. The van der Waals surface area contributed by atoms with Crippen LogP contribution in [0.3, 0.4) is 0 Å². The predicted octanol–water partition coefficient (Wildman–Crippen LogP) is 5.05. The summed E-state index contributed by atoms with van der Waals surface area (Å²) in [6, 6.07) is 13.4. The molecule has 0 aliphatic carbocycles. The number of carboxylic acid groups (broad SMARTS) is 2. The largest absolute Gasteiger partial charge is 0.487 e. The second-order valence-corrected chi connectivity index (χ2v) is 10.6. The van der Waals surface area contributed by atoms with Gasteiger partial charge in [-0.2, -0.15) is 0 Å². The lowest BCUT2D eigenvalue weighted by molar-refractivity contribution is -0.134. The summed E-state index contributed by atoms with van der Waals surface area (Å²) in [5, 5.41) is 18.0. The van der Waals surface area contributed by atoms with E-state index in [4.69, 9.17) is 38.2 Å². The molecule has 0 atom stereocenters. The first-order chi connectivity index (χ1) is 20.0. The number of hydrogen-bond donors (Lipinski definition) is 2. The Bertz CT molecular complexity index is 1660. The number of nitrogens with zero attached hydrogens (tertiary/aromatic N) is 4. The molecule has 0 unspecified atom stereocenters. The number of carboxylic acids is 2. The van der Waals surface area contributed by atoms with E-state index < -0.39 is 11.9 Å². The summed E-state index contributed by atoms with van der Waals surface area (Å²) in [5.74, 6) is -2.03. The highest BCUT2D eigenvalue weighted by molar-refractivity contribution is 6.36. The molecule has 1 aliphatic heterocycles. The number of aromatic nitrogens is 3. The second kappa shape index (κ2) is 13.7. The Morgan fingerprint density at radius 3 is 2.38 bits per heavy atom. The molecular weight excluding hydrogens is 583 g/mol. The van der Waals surface area contributed by atoms with E-state index in [-0.39, 0.29) is 12.2 Å². The van der Waals surface area contributed by atoms with Crippen molar-refractivity contribution in [3.63, 3.8) is 0 Å². The molecule has 5 rings (SSSR count). The third kappa shape index (κ3) is 7.58. The van der Waals surface area contributed by atoms with Crippen LogP contribution in [0.4, 0.5) is 0 Å². The van der Waals surface area contributed by atoms with Gasteiger partial charge in [-0.15, -0.1) is 0 Å². The number of halogens is 2. The third-order valence-electron chi connectivity index (χ3n) is 6.78. The van der Waals surface area contributed by atoms with E-state index in [2.05, 4.69) is 34.4 Å². The summed E-state index contributed by atoms with van der Waals surface area (Å²) >= 11 is 12.7. The van der Waals surface area contributed by atoms with Gasteiger partial charge in [0.15, 0.2) is 0 Å². The Kier molecular flexibility index (Phi) is 10.1. The smallest absolute Gasteiger partial charge is 0.328 e. The summed E-state index contributed by atoms with van der Waals surface area (Å²) in [4.78, 5) is 38.7. The van der Waals surface area contributed by atoms with Gasteiger partial charge in [-0.25, -0.2) is 9.59 Å². The summed E-state index contributed by atoms with van der Waals surface area (Å²) in [7, 11) is 0. The first-order valence-corrected chi connectivity index (χ1v) is 13.9. The zero-order chi connectivity index (χ0) is 30.4. The zero-order valence-electron chi connectivity index (χ0n) is 23.0. The fourth-order valence-corrected chi connectivity index (χ4v) is 5.13. The molecule has 3 aromatic heterocycles. The van der Waals surface area contributed by atoms with Crippen LogP contribution in [0.5, 0.6) is 5.75 Å². The highest BCUT2D eigenvalue weighted by atomic mass is 35.5. The maximum Gasteiger partial charge on any atom is 0.328 e. The summed E-state index contributed by atoms with van der Waals surface area (Å²) in [5.41, 5.74) is 3.61. The topological polar surface area (TPSA) is 127 Å². The van der Waals surface area contributed by atoms with Crippen LogP contribution in [-0.4, -0.2) is 60.3 Å². The molecule has 12 heteroatoms. The van der Waals surface area contributed by atoms with Gasteiger partial charge < -0.3 is 19.5 Å². The third-order valence-corrected chi connectivity index (χ3v) is 7.42. The highest BCUT2D eigenvalue weighted by Gasteiger charge is 2.22. The van der Waals surface area contributed by atoms with E-state index in [1.165, 1.54) is 11.8 Å². The van der Waals surface area contributed by atoms with Crippen molar-refractivity contribution in [1.82, 2.24) is 19.0 Å². The van der Waals surface area contributed by atoms with Crippen molar-refractivity contribution in [3.05, 3.63) is 98.8 Å². The van der Waals surface area contributed by atoms with Crippen molar-refractivity contribution in [3.8, 4) is 11.4 Å². The van der Waals surface area contributed by atoms with Crippen LogP contribution in [0.15, 0.2) is 71.8 Å². The van der Waals surface area contributed by atoms with Gasteiger partial charge in [0.25, 0.3) is 5.56 Å². The number of rotatable bonds is 7. The Labute approximate surface area is 252 Å². The molecule has 10 nitrogen and oxygen atoms in total. The molecule has 4 heterocycles. The van der Waals surface area contributed by atoms with Gasteiger partial charge in [0, 0.05) is 85.0 Å². The number of hydrogen-bond acceptors (Lipinski definition) is 6. The average Bonchev–Trinajstić information content (AvgIpc) is 3.08. The standard InChI is InChI=1S/C26H26Cl2N4O2.C4H4O4/c1-17(2)30-9-8-24-26(28)22-13-20(5-6-23(22)32(24)12-11-30)31-10-7-21(14-25(31)33)34-16-19-4-3-18(27)15-29-19;5-3(6)1-2-4(7)8/h3-7,10,13-15,17H,8-9,11-12,16H2,1-2H3;1-2H,(H,5,6)(H,7,8)/b;2-1-. The van der Waals surface area contributed by atoms with Crippen LogP contribution in [0.1, 0.15) is 25.2 Å². The summed E-state index contributed by atoms with van der Waals surface area (Å²) in [6.45, 7) is 7.62. The second-order valence-electron chi connectivity index (χ2n) is 9.83. The van der Waals surface area contributed by atoms with Crippen molar-refractivity contribution < 1.29 is 24.5 Å². The summed E-state index contributed by atoms with van der Waals surface area (Å²) in [6.07, 6.45) is 5.32. The predicted molar refractivity (Wildman–Crippen MR) is 161 cm³/mol. The molecule has 2 N–H and O–H groups in total. The van der Waals surface area contributed by atoms with Crippen LogP contribution in [0.2, 0.25) is 10.0 Å². The van der Waals surface area contributed by atoms with Crippen LogP contribution in [-0.2, 0) is 29.2 Å². The monoisotopic (exact) mass is 612 g/mol. The SMILES string of the molecule is CC(C)N1CCc2c(Cl)c3cc(-n4ccc(OCc5ccc(Cl)cn5)cc4=O)ccc3n2CC1.O=C(O)/C=C\C(=O)O. The van der Waals surface area contributed by atoms with Crippen molar-refractivity contribution in [1.29, 1.82) is 0 Å². The maximum absolute atomic E-state index is 12.9. The molecule has 1 aliphatic rings. The maximum atomic E-state index is 12.9. The van der Waals surface area contributed by atoms with Crippen molar-refractivity contribution >= 4 is 46.0 Å². The number of pyridine rings is 2. The molecule has 1 aromatic carbocycles. The van der Waals surface area contributed by atoms with Crippen molar-refractivity contribution in [2.75, 3.05) is 13.1 Å². The molecule has 0 saturated carbocycles. The first-order valence-electron chi connectivity index (χ1n) is 13.2. The number of benzene rings is 1. The van der Waals surface area contributed by atoms with Gasteiger partial charge in [0.2, 0.25) is 0 Å². The number of carbonyl (C=O) groups is 2. The van der Waals surface area contributed by atoms with Gasteiger partial charge in [-0.05, 0) is 50.2 Å². The molecule has 0 radical (unpaired) electrons. The molecular formula is C30H30Cl2N4O6. The van der Waals surface area contributed by atoms with Gasteiger partial charge in [0.05, 0.1) is 15.7 Å². The average molecular weight is 613 g/mol. The van der Waals surface area contributed by atoms with E-state index in [1.807, 2.05) is 12.1 Å². The van der Waals surface area contributed by atoms with Crippen LogP contribution < -0.4 is 10.3 Å². The fourth-order valence-electron chi connectivity index (χ4n) is 4.67. The fraction of sp³-hybridized carbons (Fsp3) is 0.267. The number of ether oxygens (including phenoxy) is 1. The lowest BCUT2D eigenvalue weighted by atomic mass is 10.2. The van der Waals surface area contributed by atoms with E-state index in [1.54, 1.807) is 35.2 Å². The normalized spacial score (nSPS) is 13.5. The summed E-state index contributed by atoms with van der Waals surface area (Å²) < 4.78 is 9.67. The molecule has 42 heavy (non-hydrogen) atoms. The van der Waals surface area contributed by atoms with Crippen molar-refractivity contribution in [2.45, 2.75) is 39.5 Å². The van der Waals surface area contributed by atoms with Gasteiger partial charge >= 0.3 is 11.9 Å². The van der Waals surface area contributed by atoms with E-state index in [0.717, 1.165) is 53.4 Å². The molecule has 0 spiro atoms. The van der Waals surface area contributed by atoms with Gasteiger partial charge in [0.1, 0.15) is 12.4 Å². The quantitative estimate of drug-likeness (QED) is 0.278. The van der Waals surface area contributed by atoms with Gasteiger partial charge in [-0.3, -0.25) is 19.2 Å². The first kappa shape index (κ1) is 30.8. The minimum atomic E-state index is -1.26. The van der Waals surface area contributed by atoms with Crippen molar-refractivity contribution in [2.24, 2.45) is 0 Å². The molecule has 0 amide bonds. The van der Waals surface area contributed by atoms with E-state index >= 15 is 0 Å². The molecule has 220 valence electrons. The Balaban J connectivity index is 0.000000446. The van der Waals surface area contributed by atoms with E-state index in [9.17, 15) is 14.4 Å². The molecule has 0 fully saturated rings. The van der Waals surface area contributed by atoms with E-state index in [0.29, 0.717) is 29.0 Å². The minimum Gasteiger partial charge on any atom is -0.487 e. The lowest BCUT2D eigenvalue weighted by Gasteiger charge is -2.23. The Hall–Kier alpha value is -4.12. The molecule has 4 aromatic rings. The number of aliphatic carboxylic acids is 2. The van der Waals surface area contributed by atoms with Crippen LogP contribution in [0, 0.1) is 0 Å². The lowest BCUT2D eigenvalue weighted by Crippen LogP contribution is -2.33. The molecule has 0 bridgehead atoms. The van der Waals surface area contributed by atoms with Crippen LogP contribution >= 0.6 is 23.2 Å². The highest BCUT2D eigenvalue weighted by Crippen LogP contribution is 2.34. The van der Waals surface area contributed by atoms with Gasteiger partial charge in [-0.1, -0.05) is 23.2 Å². The number of fused-ring (bicyclic) bond motifs is 3. The zero-order valence-corrected chi connectivity index (χ0v) is 24.5. The Morgan fingerprint density at radius 2 is 1.76 bits per heavy atom. The van der Waals surface area contributed by atoms with Crippen LogP contribution in [0.25, 0.3) is 16.6 Å². The Morgan fingerprint density at radius 1 is 1.02 bits per heavy atom.